The summed E-state index contributed by atoms with van der Waals surface area (Å²) < 4.78 is 52.7. The summed E-state index contributed by atoms with van der Waals surface area (Å²) >= 11 is 0. The van der Waals surface area contributed by atoms with Crippen LogP contribution in [0.1, 0.15) is 18.1 Å². The lowest BCUT2D eigenvalue weighted by molar-refractivity contribution is 0.270. The Bertz CT molecular complexity index is 956. The van der Waals surface area contributed by atoms with Crippen molar-refractivity contribution in [2.45, 2.75) is 20.1 Å². The Labute approximate surface area is 161 Å². The topological polar surface area (TPSA) is 38.7 Å². The Balaban J connectivity index is 1.71. The fraction of sp³-hybridized carbons (Fsp3) is 0.182. The molecule has 3 aromatic rings. The van der Waals surface area contributed by atoms with Gasteiger partial charge >= 0.3 is 0 Å². The minimum Gasteiger partial charge on any atom is -0.494 e. The number of halogens is 3. The molecule has 0 atom stereocenters. The van der Waals surface area contributed by atoms with Crippen LogP contribution in [-0.2, 0) is 13.2 Å². The van der Waals surface area contributed by atoms with E-state index in [0.717, 1.165) is 0 Å². The van der Waals surface area contributed by atoms with Gasteiger partial charge in [-0.3, -0.25) is 0 Å². The van der Waals surface area contributed by atoms with Gasteiger partial charge in [0.05, 0.1) is 13.2 Å². The van der Waals surface area contributed by atoms with Crippen molar-refractivity contribution in [1.82, 2.24) is 0 Å². The average molecular weight is 388 g/mol. The first-order valence-corrected chi connectivity index (χ1v) is 8.75. The smallest absolute Gasteiger partial charge is 0.165 e. The summed E-state index contributed by atoms with van der Waals surface area (Å²) in [6.45, 7) is 1.53. The summed E-state index contributed by atoms with van der Waals surface area (Å²) in [5.41, 5.74) is 0.999. The van der Waals surface area contributed by atoms with Crippen LogP contribution in [-0.4, -0.2) is 11.7 Å². The lowest BCUT2D eigenvalue weighted by Gasteiger charge is -2.11. The average Bonchev–Trinajstić information content (AvgIpc) is 2.70. The molecule has 0 unspecified atom stereocenters. The lowest BCUT2D eigenvalue weighted by Crippen LogP contribution is -2.03. The molecular formula is C22H19F3O3. The zero-order chi connectivity index (χ0) is 20.1. The molecule has 0 aromatic heterocycles. The van der Waals surface area contributed by atoms with Crippen LogP contribution in [0.4, 0.5) is 13.2 Å². The van der Waals surface area contributed by atoms with Gasteiger partial charge in [0.1, 0.15) is 23.9 Å². The maximum atomic E-state index is 14.3. The molecule has 0 saturated carbocycles. The molecular weight excluding hydrogens is 369 g/mol. The fourth-order valence-electron chi connectivity index (χ4n) is 2.74. The molecule has 3 nitrogen and oxygen atoms in total. The third-order valence-electron chi connectivity index (χ3n) is 4.22. The summed E-state index contributed by atoms with van der Waals surface area (Å²) in [5, 5.41) is 8.95. The molecule has 3 rings (SSSR count). The zero-order valence-corrected chi connectivity index (χ0v) is 15.2. The van der Waals surface area contributed by atoms with E-state index >= 15 is 0 Å². The van der Waals surface area contributed by atoms with Gasteiger partial charge in [-0.25, -0.2) is 13.2 Å². The Hall–Kier alpha value is -2.99. The van der Waals surface area contributed by atoms with E-state index in [4.69, 9.17) is 14.6 Å². The molecule has 0 amide bonds. The van der Waals surface area contributed by atoms with Crippen molar-refractivity contribution < 1.29 is 27.8 Å². The van der Waals surface area contributed by atoms with Gasteiger partial charge in [0.15, 0.2) is 11.6 Å². The SMILES string of the molecule is CCOc1ccc(-c2ccc(OCc3ccc(CO)c(F)c3F)cc2)c(F)c1. The zero-order valence-electron chi connectivity index (χ0n) is 15.2. The predicted molar refractivity (Wildman–Crippen MR) is 99.6 cm³/mol. The number of hydrogen-bond donors (Lipinski definition) is 1. The molecule has 0 radical (unpaired) electrons. The number of aliphatic hydroxyl groups excluding tert-OH is 1. The molecule has 146 valence electrons. The van der Waals surface area contributed by atoms with Crippen LogP contribution in [0.15, 0.2) is 54.6 Å². The van der Waals surface area contributed by atoms with E-state index in [2.05, 4.69) is 0 Å². The highest BCUT2D eigenvalue weighted by atomic mass is 19.2. The second kappa shape index (κ2) is 8.80. The van der Waals surface area contributed by atoms with E-state index in [1.54, 1.807) is 36.4 Å². The minimum atomic E-state index is -1.08. The van der Waals surface area contributed by atoms with Gasteiger partial charge in [-0.15, -0.1) is 0 Å². The monoisotopic (exact) mass is 388 g/mol. The first kappa shape index (κ1) is 19.8. The van der Waals surface area contributed by atoms with Gasteiger partial charge in [0.2, 0.25) is 0 Å². The molecule has 0 aliphatic rings. The van der Waals surface area contributed by atoms with Gasteiger partial charge < -0.3 is 14.6 Å². The molecule has 3 aromatic carbocycles. The molecule has 0 aliphatic heterocycles. The highest BCUT2D eigenvalue weighted by Gasteiger charge is 2.13. The third-order valence-corrected chi connectivity index (χ3v) is 4.22. The van der Waals surface area contributed by atoms with Crippen LogP contribution < -0.4 is 9.47 Å². The maximum absolute atomic E-state index is 14.3. The minimum absolute atomic E-state index is 0.0383. The van der Waals surface area contributed by atoms with Crippen LogP contribution in [0.5, 0.6) is 11.5 Å². The Morgan fingerprint density at radius 1 is 0.786 bits per heavy atom. The molecule has 0 saturated heterocycles. The molecule has 0 heterocycles. The summed E-state index contributed by atoms with van der Waals surface area (Å²) in [4.78, 5) is 0. The van der Waals surface area contributed by atoms with Crippen LogP contribution in [0.2, 0.25) is 0 Å². The summed E-state index contributed by atoms with van der Waals surface area (Å²) in [6.07, 6.45) is 0. The van der Waals surface area contributed by atoms with Gasteiger partial charge in [0.25, 0.3) is 0 Å². The Kier molecular flexibility index (Phi) is 6.21. The summed E-state index contributed by atoms with van der Waals surface area (Å²) in [5.74, 6) is -1.63. The van der Waals surface area contributed by atoms with E-state index in [0.29, 0.717) is 29.2 Å². The molecule has 6 heteroatoms. The predicted octanol–water partition coefficient (Wildman–Crippen LogP) is 5.24. The van der Waals surface area contributed by atoms with E-state index in [1.807, 2.05) is 6.92 Å². The number of rotatable bonds is 7. The number of benzene rings is 3. The van der Waals surface area contributed by atoms with Crippen molar-refractivity contribution in [3.8, 4) is 22.6 Å². The summed E-state index contributed by atoms with van der Waals surface area (Å²) in [7, 11) is 0. The lowest BCUT2D eigenvalue weighted by atomic mass is 10.0. The van der Waals surface area contributed by atoms with Gasteiger partial charge in [0, 0.05) is 22.8 Å². The van der Waals surface area contributed by atoms with Crippen molar-refractivity contribution >= 4 is 0 Å². The van der Waals surface area contributed by atoms with Gasteiger partial charge in [-0.2, -0.15) is 0 Å². The van der Waals surface area contributed by atoms with Crippen molar-refractivity contribution in [2.75, 3.05) is 6.61 Å². The molecule has 0 fully saturated rings. The maximum Gasteiger partial charge on any atom is 0.165 e. The Morgan fingerprint density at radius 3 is 2.07 bits per heavy atom. The first-order valence-electron chi connectivity index (χ1n) is 8.75. The number of aliphatic hydroxyl groups is 1. The number of ether oxygens (including phenoxy) is 2. The van der Waals surface area contributed by atoms with E-state index < -0.39 is 24.1 Å². The second-order valence-corrected chi connectivity index (χ2v) is 6.06. The normalized spacial score (nSPS) is 10.8. The van der Waals surface area contributed by atoms with Crippen LogP contribution >= 0.6 is 0 Å². The van der Waals surface area contributed by atoms with E-state index in [-0.39, 0.29) is 17.7 Å². The fourth-order valence-corrected chi connectivity index (χ4v) is 2.74. The number of hydrogen-bond acceptors (Lipinski definition) is 3. The molecule has 1 N–H and O–H groups in total. The second-order valence-electron chi connectivity index (χ2n) is 6.06. The van der Waals surface area contributed by atoms with E-state index in [1.165, 1.54) is 18.2 Å². The highest BCUT2D eigenvalue weighted by molar-refractivity contribution is 5.65. The summed E-state index contributed by atoms with van der Waals surface area (Å²) in [6, 6.07) is 14.0. The van der Waals surface area contributed by atoms with Crippen LogP contribution in [0, 0.1) is 17.5 Å². The Morgan fingerprint density at radius 2 is 1.43 bits per heavy atom. The van der Waals surface area contributed by atoms with Crippen LogP contribution in [0.3, 0.4) is 0 Å². The van der Waals surface area contributed by atoms with Crippen molar-refractivity contribution in [3.63, 3.8) is 0 Å². The van der Waals surface area contributed by atoms with E-state index in [9.17, 15) is 13.2 Å². The molecule has 0 aliphatic carbocycles. The van der Waals surface area contributed by atoms with Gasteiger partial charge in [-0.05, 0) is 36.8 Å². The van der Waals surface area contributed by atoms with Crippen LogP contribution in [0.25, 0.3) is 11.1 Å². The van der Waals surface area contributed by atoms with Crippen molar-refractivity contribution in [3.05, 3.63) is 83.2 Å². The first-order chi connectivity index (χ1) is 13.5. The highest BCUT2D eigenvalue weighted by Crippen LogP contribution is 2.28. The largest absolute Gasteiger partial charge is 0.494 e. The molecule has 28 heavy (non-hydrogen) atoms. The third kappa shape index (κ3) is 4.28. The molecule has 0 bridgehead atoms. The van der Waals surface area contributed by atoms with Crippen molar-refractivity contribution in [2.24, 2.45) is 0 Å². The standard InChI is InChI=1S/C22H19F3O3/c1-2-27-18-9-10-19(20(23)11-18)14-5-7-17(8-6-14)28-13-16-4-3-15(12-26)21(24)22(16)25/h3-11,26H,2,12-13H2,1H3. The van der Waals surface area contributed by atoms with Crippen molar-refractivity contribution in [1.29, 1.82) is 0 Å². The quantitative estimate of drug-likeness (QED) is 0.602. The van der Waals surface area contributed by atoms with Gasteiger partial charge in [-0.1, -0.05) is 24.3 Å². The molecule has 0 spiro atoms.